The van der Waals surface area contributed by atoms with Crippen molar-refractivity contribution in [2.75, 3.05) is 0 Å². The minimum Gasteiger partial charge on any atom is -0.380 e. The Bertz CT molecular complexity index is 1140. The number of carbonyl (C=O) groups is 1. The van der Waals surface area contributed by atoms with E-state index in [1.807, 2.05) is 55.3 Å². The SMILES string of the molecule is C=C(C)NC(C)(C)c1cncc(-n2cc(-c3cc(C(=O)NC4CC4)ccc3C)cn2)c1. The van der Waals surface area contributed by atoms with Gasteiger partial charge in [-0.05, 0) is 75.4 Å². The van der Waals surface area contributed by atoms with E-state index in [0.717, 1.165) is 46.5 Å². The summed E-state index contributed by atoms with van der Waals surface area (Å²) < 4.78 is 1.82. The third-order valence-corrected chi connectivity index (χ3v) is 5.54. The highest BCUT2D eigenvalue weighted by atomic mass is 16.1. The maximum absolute atomic E-state index is 12.5. The van der Waals surface area contributed by atoms with Crippen LogP contribution in [0.15, 0.2) is 61.3 Å². The average molecular weight is 416 g/mol. The number of nitrogens with zero attached hydrogens (tertiary/aromatic N) is 3. The fourth-order valence-corrected chi connectivity index (χ4v) is 3.67. The van der Waals surface area contributed by atoms with E-state index in [9.17, 15) is 4.79 Å². The molecule has 0 spiro atoms. The summed E-state index contributed by atoms with van der Waals surface area (Å²) in [5.74, 6) is -0.0136. The number of amides is 1. The number of pyridine rings is 1. The Morgan fingerprint density at radius 3 is 2.68 bits per heavy atom. The first kappa shape index (κ1) is 20.8. The summed E-state index contributed by atoms with van der Waals surface area (Å²) in [6.45, 7) is 12.1. The Labute approximate surface area is 183 Å². The van der Waals surface area contributed by atoms with Gasteiger partial charge in [0.1, 0.15) is 0 Å². The van der Waals surface area contributed by atoms with Crippen LogP contribution in [0.25, 0.3) is 16.8 Å². The molecule has 1 aliphatic carbocycles. The lowest BCUT2D eigenvalue weighted by Crippen LogP contribution is -2.35. The molecular formula is C25H29N5O. The molecule has 2 heterocycles. The second-order valence-electron chi connectivity index (χ2n) is 8.91. The van der Waals surface area contributed by atoms with Gasteiger partial charge in [0.2, 0.25) is 0 Å². The predicted octanol–water partition coefficient (Wildman–Crippen LogP) is 4.49. The lowest BCUT2D eigenvalue weighted by atomic mass is 9.95. The molecule has 0 radical (unpaired) electrons. The molecule has 2 aromatic heterocycles. The monoisotopic (exact) mass is 415 g/mol. The Kier molecular flexibility index (Phi) is 5.39. The smallest absolute Gasteiger partial charge is 0.251 e. The van der Waals surface area contributed by atoms with Crippen LogP contribution in [-0.4, -0.2) is 26.7 Å². The van der Waals surface area contributed by atoms with Crippen LogP contribution in [0.5, 0.6) is 0 Å². The molecule has 0 aliphatic heterocycles. The molecule has 0 unspecified atom stereocenters. The van der Waals surface area contributed by atoms with Gasteiger partial charge < -0.3 is 10.6 Å². The number of benzene rings is 1. The molecule has 6 nitrogen and oxygen atoms in total. The molecule has 0 atom stereocenters. The van der Waals surface area contributed by atoms with E-state index in [0.29, 0.717) is 11.6 Å². The van der Waals surface area contributed by atoms with Gasteiger partial charge >= 0.3 is 0 Å². The second kappa shape index (κ2) is 8.02. The van der Waals surface area contributed by atoms with E-state index >= 15 is 0 Å². The van der Waals surface area contributed by atoms with E-state index in [2.05, 4.69) is 47.2 Å². The van der Waals surface area contributed by atoms with Gasteiger partial charge in [-0.1, -0.05) is 12.6 Å². The number of hydrogen-bond acceptors (Lipinski definition) is 4. The van der Waals surface area contributed by atoms with Gasteiger partial charge in [0.15, 0.2) is 0 Å². The van der Waals surface area contributed by atoms with Crippen LogP contribution < -0.4 is 10.6 Å². The molecule has 2 N–H and O–H groups in total. The van der Waals surface area contributed by atoms with Crippen molar-refractivity contribution in [3.05, 3.63) is 78.0 Å². The highest BCUT2D eigenvalue weighted by molar-refractivity contribution is 5.96. The number of hydrogen-bond donors (Lipinski definition) is 2. The van der Waals surface area contributed by atoms with E-state index in [1.54, 1.807) is 6.20 Å². The molecule has 160 valence electrons. The molecule has 1 amide bonds. The summed E-state index contributed by atoms with van der Waals surface area (Å²) in [6.07, 6.45) is 9.60. The zero-order chi connectivity index (χ0) is 22.2. The largest absolute Gasteiger partial charge is 0.380 e. The third kappa shape index (κ3) is 4.68. The third-order valence-electron chi connectivity index (χ3n) is 5.54. The zero-order valence-corrected chi connectivity index (χ0v) is 18.6. The van der Waals surface area contributed by atoms with Gasteiger partial charge in [-0.3, -0.25) is 9.78 Å². The highest BCUT2D eigenvalue weighted by Crippen LogP contribution is 2.27. The lowest BCUT2D eigenvalue weighted by molar-refractivity contribution is 0.0951. The minimum absolute atomic E-state index is 0.0136. The number of allylic oxidation sites excluding steroid dienone is 1. The number of rotatable bonds is 7. The fourth-order valence-electron chi connectivity index (χ4n) is 3.67. The van der Waals surface area contributed by atoms with Crippen LogP contribution in [0.1, 0.15) is 55.1 Å². The highest BCUT2D eigenvalue weighted by Gasteiger charge is 2.24. The standard InChI is InChI=1S/C25H29N5O/c1-16(2)29-25(4,5)20-11-22(14-26-13-20)30-15-19(12-27-30)23-10-18(7-6-17(23)3)24(31)28-21-8-9-21/h6-7,10-15,21,29H,1,8-9H2,2-5H3,(H,28,31). The summed E-state index contributed by atoms with van der Waals surface area (Å²) >= 11 is 0. The van der Waals surface area contributed by atoms with Crippen LogP contribution >= 0.6 is 0 Å². The molecule has 1 fully saturated rings. The first-order valence-corrected chi connectivity index (χ1v) is 10.6. The number of aryl methyl sites for hydroxylation is 1. The second-order valence-corrected chi connectivity index (χ2v) is 8.91. The van der Waals surface area contributed by atoms with Crippen molar-refractivity contribution in [3.8, 4) is 16.8 Å². The van der Waals surface area contributed by atoms with Crippen molar-refractivity contribution in [2.24, 2.45) is 0 Å². The molecule has 0 saturated heterocycles. The van der Waals surface area contributed by atoms with Crippen LogP contribution in [0.3, 0.4) is 0 Å². The van der Waals surface area contributed by atoms with Gasteiger partial charge in [0.25, 0.3) is 5.91 Å². The lowest BCUT2D eigenvalue weighted by Gasteiger charge is -2.28. The average Bonchev–Trinajstić information content (AvgIpc) is 3.39. The first-order chi connectivity index (χ1) is 14.7. The maximum atomic E-state index is 12.5. The predicted molar refractivity (Wildman–Crippen MR) is 123 cm³/mol. The van der Waals surface area contributed by atoms with Crippen LogP contribution in [0, 0.1) is 6.92 Å². The number of aromatic nitrogens is 3. The van der Waals surface area contributed by atoms with E-state index in [4.69, 9.17) is 0 Å². The minimum atomic E-state index is -0.301. The first-order valence-electron chi connectivity index (χ1n) is 10.6. The fraction of sp³-hybridized carbons (Fsp3) is 0.320. The Morgan fingerprint density at radius 1 is 1.19 bits per heavy atom. The quantitative estimate of drug-likeness (QED) is 0.596. The van der Waals surface area contributed by atoms with Gasteiger partial charge in [0.05, 0.1) is 23.6 Å². The van der Waals surface area contributed by atoms with E-state index < -0.39 is 0 Å². The van der Waals surface area contributed by atoms with Gasteiger partial charge in [0, 0.05) is 35.3 Å². The topological polar surface area (TPSA) is 71.8 Å². The Morgan fingerprint density at radius 2 is 1.97 bits per heavy atom. The van der Waals surface area contributed by atoms with Gasteiger partial charge in [-0.25, -0.2) is 4.68 Å². The molecule has 1 saturated carbocycles. The summed E-state index contributed by atoms with van der Waals surface area (Å²) in [4.78, 5) is 16.9. The molecule has 1 aromatic carbocycles. The van der Waals surface area contributed by atoms with E-state index in [-0.39, 0.29) is 11.4 Å². The molecule has 6 heteroatoms. The van der Waals surface area contributed by atoms with E-state index in [1.165, 1.54) is 0 Å². The Hall–Kier alpha value is -3.41. The molecule has 31 heavy (non-hydrogen) atoms. The molecule has 1 aliphatic rings. The van der Waals surface area contributed by atoms with Crippen molar-refractivity contribution in [2.45, 2.75) is 52.1 Å². The molecule has 0 bridgehead atoms. The summed E-state index contributed by atoms with van der Waals surface area (Å²) in [5.41, 5.74) is 6.26. The summed E-state index contributed by atoms with van der Waals surface area (Å²) in [5, 5.41) is 11.0. The summed E-state index contributed by atoms with van der Waals surface area (Å²) in [6, 6.07) is 8.23. The van der Waals surface area contributed by atoms with Gasteiger partial charge in [-0.15, -0.1) is 0 Å². The Balaban J connectivity index is 1.62. The van der Waals surface area contributed by atoms with Crippen molar-refractivity contribution < 1.29 is 4.79 Å². The van der Waals surface area contributed by atoms with Crippen LogP contribution in [0.4, 0.5) is 0 Å². The zero-order valence-electron chi connectivity index (χ0n) is 18.6. The van der Waals surface area contributed by atoms with Crippen LogP contribution in [-0.2, 0) is 5.54 Å². The summed E-state index contributed by atoms with van der Waals surface area (Å²) in [7, 11) is 0. The van der Waals surface area contributed by atoms with Gasteiger partial charge in [-0.2, -0.15) is 5.10 Å². The van der Waals surface area contributed by atoms with Crippen molar-refractivity contribution in [3.63, 3.8) is 0 Å². The number of nitrogens with one attached hydrogen (secondary N) is 2. The van der Waals surface area contributed by atoms with Crippen molar-refractivity contribution in [1.29, 1.82) is 0 Å². The van der Waals surface area contributed by atoms with Crippen molar-refractivity contribution in [1.82, 2.24) is 25.4 Å². The van der Waals surface area contributed by atoms with Crippen molar-refractivity contribution >= 4 is 5.91 Å². The number of carbonyl (C=O) groups excluding carboxylic acids is 1. The molecule has 4 rings (SSSR count). The molecule has 3 aromatic rings. The molecular weight excluding hydrogens is 386 g/mol. The normalized spacial score (nSPS) is 13.7. The maximum Gasteiger partial charge on any atom is 0.251 e. The van der Waals surface area contributed by atoms with Crippen LogP contribution in [0.2, 0.25) is 0 Å².